The van der Waals surface area contributed by atoms with E-state index < -0.39 is 24.0 Å². The van der Waals surface area contributed by atoms with Crippen LogP contribution in [-0.2, 0) is 13.0 Å². The van der Waals surface area contributed by atoms with Crippen molar-refractivity contribution in [2.45, 2.75) is 32.0 Å². The lowest BCUT2D eigenvalue weighted by atomic mass is 10.1. The lowest BCUT2D eigenvalue weighted by Crippen LogP contribution is -2.40. The maximum atomic E-state index is 13.8. The molecule has 0 aromatic heterocycles. The summed E-state index contributed by atoms with van der Waals surface area (Å²) in [5.74, 6) is -0.261. The van der Waals surface area contributed by atoms with Gasteiger partial charge in [0.25, 0.3) is 0 Å². The fourth-order valence-electron chi connectivity index (χ4n) is 3.05. The quantitative estimate of drug-likeness (QED) is 0.781. The number of urea groups is 1. The van der Waals surface area contributed by atoms with Crippen molar-refractivity contribution in [3.05, 3.63) is 65.0 Å². The zero-order valence-corrected chi connectivity index (χ0v) is 14.0. The van der Waals surface area contributed by atoms with Crippen LogP contribution in [0.2, 0.25) is 0 Å². The van der Waals surface area contributed by atoms with Crippen LogP contribution in [-0.4, -0.2) is 23.8 Å². The van der Waals surface area contributed by atoms with Crippen LogP contribution in [0.3, 0.4) is 0 Å². The number of benzene rings is 2. The Morgan fingerprint density at radius 2 is 2.12 bits per heavy atom. The third-order valence-electron chi connectivity index (χ3n) is 4.24. The number of hydrogen-bond donors (Lipinski definition) is 3. The van der Waals surface area contributed by atoms with E-state index in [4.69, 9.17) is 4.74 Å². The number of rotatable bonds is 5. The van der Waals surface area contributed by atoms with Crippen molar-refractivity contribution >= 4 is 6.03 Å². The topological polar surface area (TPSA) is 70.6 Å². The second kappa shape index (κ2) is 7.53. The lowest BCUT2D eigenvalue weighted by molar-refractivity contribution is 0.142. The Hall–Kier alpha value is -2.60. The third-order valence-corrected chi connectivity index (χ3v) is 4.24. The molecule has 3 N–H and O–H groups in total. The molecule has 0 saturated carbocycles. The monoisotopic (exact) mass is 344 g/mol. The summed E-state index contributed by atoms with van der Waals surface area (Å²) in [5.41, 5.74) is 2.59. The summed E-state index contributed by atoms with van der Waals surface area (Å²) in [4.78, 5) is 12.1. The number of carbonyl (C=O) groups excluding carboxylic acids is 1. The molecule has 3 rings (SSSR count). The molecule has 0 bridgehead atoms. The molecule has 2 atom stereocenters. The number of carbonyl (C=O) groups is 1. The Labute approximate surface area is 145 Å². The van der Waals surface area contributed by atoms with Gasteiger partial charge in [0.05, 0.1) is 18.8 Å². The lowest BCUT2D eigenvalue weighted by Gasteiger charge is -2.18. The smallest absolute Gasteiger partial charge is 0.315 e. The zero-order valence-electron chi connectivity index (χ0n) is 14.0. The van der Waals surface area contributed by atoms with E-state index in [1.165, 1.54) is 6.07 Å². The molecule has 0 aliphatic heterocycles. The highest BCUT2D eigenvalue weighted by Gasteiger charge is 2.31. The van der Waals surface area contributed by atoms with Crippen molar-refractivity contribution < 1.29 is 19.0 Å². The van der Waals surface area contributed by atoms with E-state index >= 15 is 0 Å². The molecule has 1 aliphatic carbocycles. The van der Waals surface area contributed by atoms with Gasteiger partial charge in [-0.2, -0.15) is 0 Å². The Kier molecular flexibility index (Phi) is 5.19. The molecule has 25 heavy (non-hydrogen) atoms. The first-order valence-corrected chi connectivity index (χ1v) is 8.30. The van der Waals surface area contributed by atoms with Crippen molar-refractivity contribution in [1.82, 2.24) is 10.6 Å². The summed E-state index contributed by atoms with van der Waals surface area (Å²) >= 11 is 0. The first kappa shape index (κ1) is 17.2. The number of aliphatic hydroxyl groups is 1. The molecule has 0 spiro atoms. The van der Waals surface area contributed by atoms with E-state index in [1.54, 1.807) is 19.1 Å². The minimum atomic E-state index is -0.647. The molecule has 2 amide bonds. The number of ether oxygens (including phenoxy) is 1. The molecule has 6 heteroatoms. The molecular formula is C19H21FN2O3. The number of amides is 2. The van der Waals surface area contributed by atoms with Gasteiger partial charge in [-0.05, 0) is 35.7 Å². The van der Waals surface area contributed by atoms with Crippen LogP contribution in [0.5, 0.6) is 5.75 Å². The van der Waals surface area contributed by atoms with Gasteiger partial charge in [-0.15, -0.1) is 0 Å². The van der Waals surface area contributed by atoms with Gasteiger partial charge in [-0.1, -0.05) is 30.3 Å². The van der Waals surface area contributed by atoms with Crippen LogP contribution in [0, 0.1) is 5.82 Å². The number of fused-ring (bicyclic) bond motifs is 1. The molecule has 2 aromatic carbocycles. The minimum Gasteiger partial charge on any atom is -0.491 e. The van der Waals surface area contributed by atoms with Crippen LogP contribution >= 0.6 is 0 Å². The SMILES string of the molecule is CCOc1ccc(CNC(=O)N[C@H]2c3ccccc3C[C@H]2O)cc1F. The zero-order chi connectivity index (χ0) is 17.8. The fourth-order valence-corrected chi connectivity index (χ4v) is 3.05. The van der Waals surface area contributed by atoms with Crippen molar-refractivity contribution in [1.29, 1.82) is 0 Å². The molecule has 132 valence electrons. The molecular weight excluding hydrogens is 323 g/mol. The largest absolute Gasteiger partial charge is 0.491 e. The Bertz CT molecular complexity index is 766. The molecule has 0 fully saturated rings. The summed E-state index contributed by atoms with van der Waals surface area (Å²) in [5, 5.41) is 15.6. The molecule has 0 radical (unpaired) electrons. The summed E-state index contributed by atoms with van der Waals surface area (Å²) in [7, 11) is 0. The van der Waals surface area contributed by atoms with Crippen molar-refractivity contribution in [2.75, 3.05) is 6.61 Å². The van der Waals surface area contributed by atoms with Crippen LogP contribution < -0.4 is 15.4 Å². The van der Waals surface area contributed by atoms with E-state index in [1.807, 2.05) is 24.3 Å². The summed E-state index contributed by atoms with van der Waals surface area (Å²) < 4.78 is 19.0. The number of hydrogen-bond acceptors (Lipinski definition) is 3. The van der Waals surface area contributed by atoms with Gasteiger partial charge in [0.15, 0.2) is 11.6 Å². The normalized spacial score (nSPS) is 18.5. The van der Waals surface area contributed by atoms with E-state index in [0.29, 0.717) is 18.6 Å². The molecule has 1 aliphatic rings. The van der Waals surface area contributed by atoms with Crippen molar-refractivity contribution in [3.8, 4) is 5.75 Å². The Morgan fingerprint density at radius 3 is 2.88 bits per heavy atom. The average molecular weight is 344 g/mol. The second-order valence-corrected chi connectivity index (χ2v) is 5.97. The van der Waals surface area contributed by atoms with E-state index in [2.05, 4.69) is 10.6 Å². The maximum Gasteiger partial charge on any atom is 0.315 e. The van der Waals surface area contributed by atoms with E-state index in [0.717, 1.165) is 11.1 Å². The average Bonchev–Trinajstić information content (AvgIpc) is 2.91. The van der Waals surface area contributed by atoms with Gasteiger partial charge in [-0.25, -0.2) is 9.18 Å². The standard InChI is InChI=1S/C19H21FN2O3/c1-2-25-17-8-7-12(9-15(17)20)11-21-19(24)22-18-14-6-4-3-5-13(14)10-16(18)23/h3-9,16,18,23H,2,10-11H2,1H3,(H2,21,22,24)/t16-,18+/m1/s1. The highest BCUT2D eigenvalue weighted by Crippen LogP contribution is 2.31. The Morgan fingerprint density at radius 1 is 1.32 bits per heavy atom. The van der Waals surface area contributed by atoms with Gasteiger partial charge >= 0.3 is 6.03 Å². The van der Waals surface area contributed by atoms with Crippen molar-refractivity contribution in [3.63, 3.8) is 0 Å². The van der Waals surface area contributed by atoms with Crippen LogP contribution in [0.15, 0.2) is 42.5 Å². The first-order valence-electron chi connectivity index (χ1n) is 8.30. The highest BCUT2D eigenvalue weighted by atomic mass is 19.1. The van der Waals surface area contributed by atoms with Gasteiger partial charge in [0, 0.05) is 13.0 Å². The molecule has 0 unspecified atom stereocenters. The predicted molar refractivity (Wildman–Crippen MR) is 91.8 cm³/mol. The predicted octanol–water partition coefficient (Wildman–Crippen LogP) is 2.68. The number of aliphatic hydroxyl groups excluding tert-OH is 1. The Balaban J connectivity index is 1.58. The molecule has 0 saturated heterocycles. The summed E-state index contributed by atoms with van der Waals surface area (Å²) in [6, 6.07) is 11.4. The second-order valence-electron chi connectivity index (χ2n) is 5.97. The summed E-state index contributed by atoms with van der Waals surface area (Å²) in [6.07, 6.45) is -0.128. The van der Waals surface area contributed by atoms with Gasteiger partial charge in [0.1, 0.15) is 0 Å². The first-order chi connectivity index (χ1) is 12.1. The number of halogens is 1. The highest BCUT2D eigenvalue weighted by molar-refractivity contribution is 5.74. The molecule has 5 nitrogen and oxygen atoms in total. The van der Waals surface area contributed by atoms with E-state index in [9.17, 15) is 14.3 Å². The van der Waals surface area contributed by atoms with Gasteiger partial charge in [-0.3, -0.25) is 0 Å². The van der Waals surface area contributed by atoms with Crippen LogP contribution in [0.25, 0.3) is 0 Å². The van der Waals surface area contributed by atoms with E-state index in [-0.39, 0.29) is 12.3 Å². The minimum absolute atomic E-state index is 0.180. The third kappa shape index (κ3) is 3.91. The maximum absolute atomic E-state index is 13.8. The fraction of sp³-hybridized carbons (Fsp3) is 0.316. The molecule has 2 aromatic rings. The number of nitrogens with one attached hydrogen (secondary N) is 2. The molecule has 0 heterocycles. The van der Waals surface area contributed by atoms with Gasteiger partial charge in [0.2, 0.25) is 0 Å². The van der Waals surface area contributed by atoms with Crippen LogP contribution in [0.1, 0.15) is 29.7 Å². The van der Waals surface area contributed by atoms with Crippen LogP contribution in [0.4, 0.5) is 9.18 Å². The van der Waals surface area contributed by atoms with Gasteiger partial charge < -0.3 is 20.5 Å². The van der Waals surface area contributed by atoms with Crippen molar-refractivity contribution in [2.24, 2.45) is 0 Å². The summed E-state index contributed by atoms with van der Waals surface area (Å²) in [6.45, 7) is 2.36.